The maximum Gasteiger partial charge on any atom is 0.407 e. The highest BCUT2D eigenvalue weighted by Crippen LogP contribution is 2.18. The van der Waals surface area contributed by atoms with Gasteiger partial charge in [0.15, 0.2) is 0 Å². The van der Waals surface area contributed by atoms with Gasteiger partial charge in [-0.2, -0.15) is 0 Å². The number of nitrogens with one attached hydrogen (secondary N) is 2. The van der Waals surface area contributed by atoms with Crippen molar-refractivity contribution in [2.45, 2.75) is 46.3 Å². The number of ether oxygens (including phenoxy) is 1. The van der Waals surface area contributed by atoms with Crippen LogP contribution >= 0.6 is 0 Å². The highest BCUT2D eigenvalue weighted by molar-refractivity contribution is 5.94. The molecule has 0 spiro atoms. The summed E-state index contributed by atoms with van der Waals surface area (Å²) in [4.78, 5) is 43.5. The molecule has 176 valence electrons. The molecular formula is C25H31N3O5. The Hall–Kier alpha value is -3.55. The van der Waals surface area contributed by atoms with E-state index in [2.05, 4.69) is 10.8 Å². The largest absolute Gasteiger partial charge is 0.445 e. The van der Waals surface area contributed by atoms with Crippen LogP contribution in [0.1, 0.15) is 49.5 Å². The molecule has 1 fully saturated rings. The van der Waals surface area contributed by atoms with Gasteiger partial charge in [0.25, 0.3) is 5.91 Å². The van der Waals surface area contributed by atoms with Gasteiger partial charge in [0, 0.05) is 24.7 Å². The van der Waals surface area contributed by atoms with Gasteiger partial charge >= 0.3 is 12.1 Å². The molecule has 2 amide bonds. The Morgan fingerprint density at radius 2 is 1.61 bits per heavy atom. The summed E-state index contributed by atoms with van der Waals surface area (Å²) < 4.78 is 5.27. The van der Waals surface area contributed by atoms with Crippen molar-refractivity contribution in [3.8, 4) is 0 Å². The molecule has 1 aliphatic heterocycles. The van der Waals surface area contributed by atoms with Crippen molar-refractivity contribution < 1.29 is 24.0 Å². The fraction of sp³-hybridized carbons (Fsp3) is 0.400. The van der Waals surface area contributed by atoms with E-state index in [0.717, 1.165) is 5.56 Å². The normalized spacial score (nSPS) is 14.3. The zero-order chi connectivity index (χ0) is 23.8. The Kier molecular flexibility index (Phi) is 7.92. The van der Waals surface area contributed by atoms with Crippen LogP contribution in [-0.4, -0.2) is 42.0 Å². The van der Waals surface area contributed by atoms with E-state index < -0.39 is 11.5 Å². The predicted molar refractivity (Wildman–Crippen MR) is 124 cm³/mol. The number of alkyl carbamates (subject to hydrolysis) is 1. The van der Waals surface area contributed by atoms with E-state index in [1.807, 2.05) is 30.3 Å². The summed E-state index contributed by atoms with van der Waals surface area (Å²) in [5.41, 5.74) is 4.07. The molecule has 8 heteroatoms. The molecule has 0 saturated carbocycles. The minimum Gasteiger partial charge on any atom is -0.445 e. The van der Waals surface area contributed by atoms with E-state index in [4.69, 9.17) is 9.57 Å². The van der Waals surface area contributed by atoms with Crippen LogP contribution in [0.2, 0.25) is 0 Å². The third-order valence-corrected chi connectivity index (χ3v) is 5.32. The number of piperidine rings is 1. The Balaban J connectivity index is 1.41. The number of hydrogen-bond donors (Lipinski definition) is 2. The van der Waals surface area contributed by atoms with Crippen LogP contribution in [0.15, 0.2) is 54.6 Å². The summed E-state index contributed by atoms with van der Waals surface area (Å²) in [6.07, 6.45) is 0.877. The average Bonchev–Trinajstić information content (AvgIpc) is 2.81. The van der Waals surface area contributed by atoms with Crippen LogP contribution in [0.4, 0.5) is 10.5 Å². The second kappa shape index (κ2) is 10.8. The maximum atomic E-state index is 12.8. The lowest BCUT2D eigenvalue weighted by molar-refractivity contribution is -0.149. The zero-order valence-corrected chi connectivity index (χ0v) is 19.3. The first-order valence-electron chi connectivity index (χ1n) is 11.1. The first-order valence-corrected chi connectivity index (χ1v) is 11.1. The van der Waals surface area contributed by atoms with Crippen molar-refractivity contribution in [2.24, 2.45) is 5.41 Å². The second-order valence-electron chi connectivity index (χ2n) is 9.09. The molecule has 1 saturated heterocycles. The number of amides is 2. The monoisotopic (exact) mass is 453 g/mol. The summed E-state index contributed by atoms with van der Waals surface area (Å²) in [5, 5.41) is 2.88. The molecule has 2 aromatic carbocycles. The molecule has 1 aliphatic rings. The quantitative estimate of drug-likeness (QED) is 0.639. The topological polar surface area (TPSA) is 97.0 Å². The number of benzene rings is 2. The molecular weight excluding hydrogens is 422 g/mol. The predicted octanol–water partition coefficient (Wildman–Crippen LogP) is 4.13. The van der Waals surface area contributed by atoms with Crippen molar-refractivity contribution in [1.82, 2.24) is 10.2 Å². The van der Waals surface area contributed by atoms with Crippen LogP contribution in [0.25, 0.3) is 0 Å². The Morgan fingerprint density at radius 1 is 0.970 bits per heavy atom. The van der Waals surface area contributed by atoms with Crippen molar-refractivity contribution >= 4 is 23.7 Å². The van der Waals surface area contributed by atoms with Crippen LogP contribution in [0.3, 0.4) is 0 Å². The van der Waals surface area contributed by atoms with Crippen molar-refractivity contribution in [3.63, 3.8) is 0 Å². The summed E-state index contributed by atoms with van der Waals surface area (Å²) >= 11 is 0. The molecule has 1 heterocycles. The summed E-state index contributed by atoms with van der Waals surface area (Å²) in [7, 11) is 0. The molecule has 8 nitrogen and oxygen atoms in total. The second-order valence-corrected chi connectivity index (χ2v) is 9.09. The van der Waals surface area contributed by atoms with E-state index in [1.54, 1.807) is 49.9 Å². The highest BCUT2D eigenvalue weighted by Gasteiger charge is 2.25. The maximum absolute atomic E-state index is 12.8. The Bertz CT molecular complexity index is 946. The van der Waals surface area contributed by atoms with Gasteiger partial charge in [0.05, 0.1) is 11.1 Å². The zero-order valence-electron chi connectivity index (χ0n) is 19.3. The van der Waals surface area contributed by atoms with Gasteiger partial charge in [-0.3, -0.25) is 4.79 Å². The smallest absolute Gasteiger partial charge is 0.407 e. The standard InChI is InChI=1S/C25H31N3O5/c1-25(2,3)23(30)33-27-21-11-9-19(10-12-21)22(29)28-15-13-20(14-16-28)26-24(31)32-17-18-7-5-4-6-8-18/h4-12,20,27H,13-17H2,1-3H3,(H,26,31). The molecule has 0 bridgehead atoms. The van der Waals surface area contributed by atoms with E-state index >= 15 is 0 Å². The lowest BCUT2D eigenvalue weighted by Gasteiger charge is -2.32. The third kappa shape index (κ3) is 7.24. The molecule has 0 atom stereocenters. The van der Waals surface area contributed by atoms with Crippen LogP contribution in [-0.2, 0) is 21.0 Å². The SMILES string of the molecule is CC(C)(C)C(=O)ONc1ccc(C(=O)N2CCC(NC(=O)OCc3ccccc3)CC2)cc1. The minimum atomic E-state index is -0.609. The summed E-state index contributed by atoms with van der Waals surface area (Å²) in [6.45, 7) is 6.63. The van der Waals surface area contributed by atoms with Gasteiger partial charge in [-0.15, -0.1) is 0 Å². The Morgan fingerprint density at radius 3 is 2.21 bits per heavy atom. The molecule has 3 rings (SSSR count). The first-order chi connectivity index (χ1) is 15.7. The third-order valence-electron chi connectivity index (χ3n) is 5.32. The number of nitrogens with zero attached hydrogens (tertiary/aromatic N) is 1. The lowest BCUT2D eigenvalue weighted by Crippen LogP contribution is -2.46. The van der Waals surface area contributed by atoms with Gasteiger partial charge in [-0.1, -0.05) is 30.3 Å². The van der Waals surface area contributed by atoms with Crippen LogP contribution in [0.5, 0.6) is 0 Å². The summed E-state index contributed by atoms with van der Waals surface area (Å²) in [6, 6.07) is 16.3. The fourth-order valence-electron chi connectivity index (χ4n) is 3.28. The molecule has 0 unspecified atom stereocenters. The number of anilines is 1. The fourth-order valence-corrected chi connectivity index (χ4v) is 3.28. The van der Waals surface area contributed by atoms with Gasteiger partial charge in [0.1, 0.15) is 6.61 Å². The van der Waals surface area contributed by atoms with Gasteiger partial charge in [-0.25, -0.2) is 15.1 Å². The van der Waals surface area contributed by atoms with Crippen molar-refractivity contribution in [2.75, 3.05) is 18.6 Å². The Labute approximate surface area is 194 Å². The number of likely N-dealkylation sites (tertiary alicyclic amines) is 1. The molecule has 0 aromatic heterocycles. The molecule has 2 aromatic rings. The first kappa shape index (κ1) is 24.1. The van der Waals surface area contributed by atoms with E-state index in [-0.39, 0.29) is 24.5 Å². The molecule has 2 N–H and O–H groups in total. The number of carbonyl (C=O) groups excluding carboxylic acids is 3. The lowest BCUT2D eigenvalue weighted by atomic mass is 9.98. The van der Waals surface area contributed by atoms with Gasteiger partial charge in [-0.05, 0) is 63.4 Å². The van der Waals surface area contributed by atoms with Crippen molar-refractivity contribution in [3.05, 3.63) is 65.7 Å². The van der Waals surface area contributed by atoms with E-state index in [1.165, 1.54) is 0 Å². The average molecular weight is 454 g/mol. The number of rotatable bonds is 6. The van der Waals surface area contributed by atoms with E-state index in [0.29, 0.717) is 37.2 Å². The van der Waals surface area contributed by atoms with Crippen LogP contribution < -0.4 is 10.8 Å². The molecule has 0 aliphatic carbocycles. The number of carbonyl (C=O) groups is 3. The van der Waals surface area contributed by atoms with Gasteiger partial charge in [0.2, 0.25) is 0 Å². The summed E-state index contributed by atoms with van der Waals surface area (Å²) in [5.74, 6) is -0.443. The molecule has 0 radical (unpaired) electrons. The van der Waals surface area contributed by atoms with E-state index in [9.17, 15) is 14.4 Å². The van der Waals surface area contributed by atoms with Crippen molar-refractivity contribution in [1.29, 1.82) is 0 Å². The van der Waals surface area contributed by atoms with Crippen LogP contribution in [0, 0.1) is 5.41 Å². The minimum absolute atomic E-state index is 0.0265. The number of hydrogen-bond acceptors (Lipinski definition) is 6. The highest BCUT2D eigenvalue weighted by atomic mass is 16.7. The van der Waals surface area contributed by atoms with Gasteiger partial charge < -0.3 is 19.8 Å². The molecule has 33 heavy (non-hydrogen) atoms.